The van der Waals surface area contributed by atoms with Gasteiger partial charge in [0.15, 0.2) is 0 Å². The zero-order chi connectivity index (χ0) is 102. The van der Waals surface area contributed by atoms with Gasteiger partial charge in [-0.2, -0.15) is 0 Å². The van der Waals surface area contributed by atoms with Crippen LogP contribution in [0.4, 0.5) is 0 Å². The van der Waals surface area contributed by atoms with E-state index in [-0.39, 0.29) is 41.8 Å². The van der Waals surface area contributed by atoms with Crippen LogP contribution >= 0.6 is 0 Å². The summed E-state index contributed by atoms with van der Waals surface area (Å²) in [6, 6.07) is 77.8. The van der Waals surface area contributed by atoms with Gasteiger partial charge in [0.05, 0.1) is 179 Å². The number of hydrogen-bond donors (Lipinski definition) is 0. The molecular formula is C118H176N7O14+7. The molecule has 0 amide bonds. The Kier molecular flexibility index (Phi) is 57.0. The van der Waals surface area contributed by atoms with Crippen LogP contribution in [0.3, 0.4) is 0 Å². The van der Waals surface area contributed by atoms with E-state index in [0.717, 1.165) is 207 Å². The van der Waals surface area contributed by atoms with Crippen molar-refractivity contribution in [1.82, 2.24) is 0 Å². The fourth-order valence-electron chi connectivity index (χ4n) is 16.9. The lowest BCUT2D eigenvalue weighted by atomic mass is 10.1. The molecule has 0 radical (unpaired) electrons. The molecular weight excluding hydrogens is 1740 g/mol. The molecule has 0 N–H and O–H groups in total. The maximum absolute atomic E-state index is 12.3. The first-order valence-corrected chi connectivity index (χ1v) is 51.5. The van der Waals surface area contributed by atoms with Crippen molar-refractivity contribution < 1.29 is 98.1 Å². The molecule has 0 aliphatic rings. The number of carbonyl (C=O) groups excluding carboxylic acids is 7. The van der Waals surface area contributed by atoms with Gasteiger partial charge < -0.3 is 64.5 Å². The van der Waals surface area contributed by atoms with Crippen LogP contribution in [0, 0.1) is 0 Å². The maximum Gasteiger partial charge on any atom is 0.338 e. The van der Waals surface area contributed by atoms with Gasteiger partial charge in [-0.25, -0.2) is 33.6 Å². The van der Waals surface area contributed by atoms with E-state index < -0.39 is 0 Å². The molecule has 0 aromatic heterocycles. The molecule has 1 atom stereocenters. The third-order valence-electron chi connectivity index (χ3n) is 26.5. The first-order valence-electron chi connectivity index (χ1n) is 51.5. The van der Waals surface area contributed by atoms with E-state index in [2.05, 4.69) is 146 Å². The highest BCUT2D eigenvalue weighted by Gasteiger charge is 2.29. The second-order valence-electron chi connectivity index (χ2n) is 38.0. The summed E-state index contributed by atoms with van der Waals surface area (Å²) in [6.07, 6.45) is 8.28. The summed E-state index contributed by atoms with van der Waals surface area (Å²) in [4.78, 5) is 83.6. The Labute approximate surface area is 836 Å². The Hall–Kier alpha value is -11.0. The molecule has 21 nitrogen and oxygen atoms in total. The Morgan fingerprint density at radius 3 is 0.554 bits per heavy atom. The molecule has 0 bridgehead atoms. The summed E-state index contributed by atoms with van der Waals surface area (Å²) in [5.41, 5.74) is 4.37. The fourth-order valence-corrected chi connectivity index (χ4v) is 16.9. The average molecular weight is 1920 g/mol. The van der Waals surface area contributed by atoms with E-state index in [9.17, 15) is 33.6 Å². The topological polar surface area (TPSA) is 184 Å². The minimum Gasteiger partial charge on any atom is -0.456 e. The van der Waals surface area contributed by atoms with E-state index in [0.29, 0.717) is 85.2 Å². The van der Waals surface area contributed by atoms with Gasteiger partial charge in [-0.15, -0.1) is 0 Å². The number of unbranched alkanes of at least 4 members (excludes halogenated alkanes) is 1. The molecule has 10 aromatic rings. The first-order chi connectivity index (χ1) is 66.7. The number of nitrogens with zero attached hydrogens (tertiary/aromatic N) is 7. The number of carbonyl (C=O) groups is 7. The van der Waals surface area contributed by atoms with Gasteiger partial charge in [0.1, 0.15) is 92.1 Å². The van der Waals surface area contributed by atoms with Crippen LogP contribution in [0.2, 0.25) is 0 Å². The molecule has 0 saturated heterocycles. The predicted octanol–water partition coefficient (Wildman–Crippen LogP) is 22.9. The summed E-state index contributed by atoms with van der Waals surface area (Å²) in [5.74, 6) is -1.60. The van der Waals surface area contributed by atoms with Crippen molar-refractivity contribution in [2.45, 2.75) is 149 Å². The highest BCUT2D eigenvalue weighted by atomic mass is 16.6. The van der Waals surface area contributed by atoms with Crippen molar-refractivity contribution in [3.05, 3.63) is 288 Å². The zero-order valence-electron chi connectivity index (χ0n) is 89.0. The zero-order valence-corrected chi connectivity index (χ0v) is 89.0. The van der Waals surface area contributed by atoms with E-state index >= 15 is 0 Å². The standard InChI is InChI=1S/C21H30NO2.C19H26NO2.C18H30NO2.C17H28NO2.C16H20NO2.C15H24NO2.C12H18NO2/c1-4-13-22(6-3,14-5-2)15-16-24-21(23)20-12-11-18-9-7-8-10-19(18)17-20;1-4-20(5-2,6-3)13-14-22-19(21)18-12-11-16-9-7-8-10-17(16)15-18;1-4-7-14-19(6-3,13-5-2)15-16-21-18(20)17-11-9-8-10-12-17;1-4-12-18(6-3,13-5-2)14-15-20-17(19)16-10-8-7-9-11-16;1-17(2,3)10-11-19-16(18)15-9-8-13-6-4-5-7-14(13)12-15;1-4-16(5-2,6-3)12-13-18-15(17)14-10-8-7-9-11-14;1-13(2,3)9-10-15-12(14)11-7-5-4-6-8-11/h7-12,17H,4-6,13-16H2,1-3H3;7-12,15H,4-6,13-14H2,1-3H3;8-12H,4-7,13-16H2,1-3H3;7-11H,4-6,12-15H2,1-3H3;4-9,12H,10-11H2,1-3H3;7-11H,4-6,12-13H2,1-3H3;4-8H,9-10H2,1-3H3/q7*+1. The number of fused-ring (bicyclic) bond motifs is 3. The normalized spacial score (nSPS) is 11.8. The SMILES string of the molecule is CCCC[N+](CC)(CCC)CCOC(=O)c1ccccc1.CCC[N+](CC)(CCC)CCOC(=O)c1ccc2ccccc2c1.CCC[N+](CC)(CCC)CCOC(=O)c1ccccc1.CC[N+](CC)(CC)CCOC(=O)c1ccc2ccccc2c1.CC[N+](CC)(CC)CCOC(=O)c1ccccc1.C[N+](C)(C)CCOC(=O)c1ccc2ccccc2c1.C[N+](C)(C)CCOC(=O)c1ccccc1. The molecule has 760 valence electrons. The van der Waals surface area contributed by atoms with Gasteiger partial charge in [0.2, 0.25) is 0 Å². The minimum atomic E-state index is -0.251. The van der Waals surface area contributed by atoms with Crippen LogP contribution in [0.1, 0.15) is 221 Å². The molecule has 0 aliphatic heterocycles. The van der Waals surface area contributed by atoms with Crippen LogP contribution < -0.4 is 0 Å². The fraction of sp³-hybridized carbons (Fsp3) is 0.483. The summed E-state index contributed by atoms with van der Waals surface area (Å²) in [5, 5.41) is 6.61. The third kappa shape index (κ3) is 45.0. The molecule has 0 saturated carbocycles. The molecule has 0 aliphatic carbocycles. The van der Waals surface area contributed by atoms with Crippen molar-refractivity contribution >= 4 is 74.1 Å². The largest absolute Gasteiger partial charge is 0.456 e. The van der Waals surface area contributed by atoms with E-state index in [1.54, 1.807) is 48.5 Å². The molecule has 0 fully saturated rings. The van der Waals surface area contributed by atoms with E-state index in [4.69, 9.17) is 33.2 Å². The van der Waals surface area contributed by atoms with Crippen molar-refractivity contribution in [2.75, 3.05) is 233 Å². The summed E-state index contributed by atoms with van der Waals surface area (Å²) < 4.78 is 44.4. The van der Waals surface area contributed by atoms with Crippen LogP contribution in [0.25, 0.3) is 32.3 Å². The number of ether oxygens (including phenoxy) is 7. The average Bonchev–Trinajstić information content (AvgIpc) is 0.832. The van der Waals surface area contributed by atoms with E-state index in [1.807, 2.05) is 200 Å². The lowest BCUT2D eigenvalue weighted by Crippen LogP contribution is -2.51. The van der Waals surface area contributed by atoms with Crippen molar-refractivity contribution in [2.24, 2.45) is 0 Å². The van der Waals surface area contributed by atoms with Crippen molar-refractivity contribution in [1.29, 1.82) is 0 Å². The van der Waals surface area contributed by atoms with Gasteiger partial charge in [0.25, 0.3) is 0 Å². The molecule has 0 spiro atoms. The minimum absolute atomic E-state index is 0.211. The van der Waals surface area contributed by atoms with Gasteiger partial charge >= 0.3 is 41.8 Å². The van der Waals surface area contributed by atoms with Crippen LogP contribution in [0.5, 0.6) is 0 Å². The Morgan fingerprint density at radius 1 is 0.180 bits per heavy atom. The second kappa shape index (κ2) is 65.8. The summed E-state index contributed by atoms with van der Waals surface area (Å²) in [6.45, 7) is 59.4. The second-order valence-corrected chi connectivity index (χ2v) is 38.0. The summed E-state index contributed by atoms with van der Waals surface area (Å²) >= 11 is 0. The van der Waals surface area contributed by atoms with Crippen molar-refractivity contribution in [3.8, 4) is 0 Å². The Bertz CT molecular complexity index is 5080. The predicted molar refractivity (Wildman–Crippen MR) is 571 cm³/mol. The number of likely N-dealkylation sites (N-methyl/N-ethyl adjacent to an activating group) is 7. The lowest BCUT2D eigenvalue weighted by Gasteiger charge is -2.37. The molecule has 139 heavy (non-hydrogen) atoms. The maximum atomic E-state index is 12.3. The van der Waals surface area contributed by atoms with Gasteiger partial charge in [-0.1, -0.05) is 212 Å². The Balaban J connectivity index is 0.000000340. The molecule has 1 unspecified atom stereocenters. The number of quaternary nitrogens is 7. The Morgan fingerprint density at radius 2 is 0.360 bits per heavy atom. The molecule has 0 heterocycles. The third-order valence-corrected chi connectivity index (χ3v) is 26.5. The number of benzene rings is 10. The number of rotatable bonds is 50. The highest BCUT2D eigenvalue weighted by molar-refractivity contribution is 5.98. The van der Waals surface area contributed by atoms with Gasteiger partial charge in [-0.3, -0.25) is 0 Å². The lowest BCUT2D eigenvalue weighted by molar-refractivity contribution is -0.926. The molecule has 10 aromatic carbocycles. The quantitative estimate of drug-likeness (QED) is 0.0199. The number of hydrogen-bond acceptors (Lipinski definition) is 14. The van der Waals surface area contributed by atoms with Crippen LogP contribution in [0.15, 0.2) is 249 Å². The van der Waals surface area contributed by atoms with Crippen LogP contribution in [-0.4, -0.2) is 306 Å². The molecule has 10 rings (SSSR count). The van der Waals surface area contributed by atoms with Gasteiger partial charge in [-0.05, 0) is 218 Å². The molecule has 21 heteroatoms. The first kappa shape index (κ1) is 120. The number of esters is 7. The summed E-state index contributed by atoms with van der Waals surface area (Å²) in [7, 11) is 12.4. The van der Waals surface area contributed by atoms with Crippen LogP contribution in [-0.2, 0) is 33.2 Å². The monoisotopic (exact) mass is 1920 g/mol. The smallest absolute Gasteiger partial charge is 0.338 e. The van der Waals surface area contributed by atoms with E-state index in [1.165, 1.54) is 45.2 Å². The van der Waals surface area contributed by atoms with Gasteiger partial charge in [0, 0.05) is 0 Å². The van der Waals surface area contributed by atoms with Crippen molar-refractivity contribution in [3.63, 3.8) is 0 Å². The highest BCUT2D eigenvalue weighted by Crippen LogP contribution is 2.23.